The number of hydrogen-bond acceptors (Lipinski definition) is 2. The summed E-state index contributed by atoms with van der Waals surface area (Å²) in [5, 5.41) is 0. The highest BCUT2D eigenvalue weighted by Gasteiger charge is 2.22. The minimum atomic E-state index is -0.752. The van der Waals surface area contributed by atoms with Crippen molar-refractivity contribution in [1.82, 2.24) is 4.98 Å². The second-order valence-corrected chi connectivity index (χ2v) is 7.26. The second kappa shape index (κ2) is 9.11. The zero-order valence-corrected chi connectivity index (χ0v) is 15.4. The number of halogens is 2. The van der Waals surface area contributed by atoms with Crippen LogP contribution < -0.4 is 4.74 Å². The molecule has 4 heteroatoms. The molecule has 1 fully saturated rings. The van der Waals surface area contributed by atoms with E-state index >= 15 is 0 Å². The van der Waals surface area contributed by atoms with Gasteiger partial charge in [0.25, 0.3) is 0 Å². The minimum Gasteiger partial charge on any atom is -0.494 e. The molecule has 0 bridgehead atoms. The molecule has 0 amide bonds. The first-order valence-electron chi connectivity index (χ1n) is 9.69. The third-order valence-corrected chi connectivity index (χ3v) is 5.39. The van der Waals surface area contributed by atoms with Crippen molar-refractivity contribution in [2.24, 2.45) is 5.92 Å². The lowest BCUT2D eigenvalue weighted by molar-refractivity contribution is 0.307. The molecule has 140 valence electrons. The van der Waals surface area contributed by atoms with E-state index in [9.17, 15) is 8.78 Å². The van der Waals surface area contributed by atoms with E-state index in [4.69, 9.17) is 4.74 Å². The van der Waals surface area contributed by atoms with Crippen LogP contribution in [0.5, 0.6) is 5.75 Å². The van der Waals surface area contributed by atoms with E-state index in [1.807, 2.05) is 0 Å². The highest BCUT2D eigenvalue weighted by Crippen LogP contribution is 2.38. The maximum atomic E-state index is 13.6. The van der Waals surface area contributed by atoms with Crippen LogP contribution in [0.15, 0.2) is 36.4 Å². The fourth-order valence-electron chi connectivity index (χ4n) is 3.83. The van der Waals surface area contributed by atoms with Crippen molar-refractivity contribution >= 4 is 0 Å². The molecule has 1 aliphatic rings. The Morgan fingerprint density at radius 1 is 1.00 bits per heavy atom. The van der Waals surface area contributed by atoms with Crippen molar-refractivity contribution < 1.29 is 13.5 Å². The molecule has 0 radical (unpaired) electrons. The monoisotopic (exact) mass is 359 g/mol. The summed E-state index contributed by atoms with van der Waals surface area (Å²) in [5.74, 6) is 0.750. The van der Waals surface area contributed by atoms with E-state index < -0.39 is 11.9 Å². The fourth-order valence-corrected chi connectivity index (χ4v) is 3.83. The maximum absolute atomic E-state index is 13.6. The van der Waals surface area contributed by atoms with Gasteiger partial charge in [-0.3, -0.25) is 0 Å². The van der Waals surface area contributed by atoms with Crippen molar-refractivity contribution in [1.29, 1.82) is 0 Å². The summed E-state index contributed by atoms with van der Waals surface area (Å²) in [6, 6.07) is 11.3. The Labute approximate surface area is 154 Å². The van der Waals surface area contributed by atoms with Crippen molar-refractivity contribution in [3.63, 3.8) is 0 Å². The normalized spacial score (nSPS) is 20.1. The van der Waals surface area contributed by atoms with E-state index in [-0.39, 0.29) is 0 Å². The Morgan fingerprint density at radius 3 is 2.38 bits per heavy atom. The summed E-state index contributed by atoms with van der Waals surface area (Å²) < 4.78 is 32.2. The summed E-state index contributed by atoms with van der Waals surface area (Å²) >= 11 is 0. The molecule has 0 unspecified atom stereocenters. The smallest absolute Gasteiger partial charge is 0.218 e. The van der Waals surface area contributed by atoms with Gasteiger partial charge in [-0.05, 0) is 86.6 Å². The number of ether oxygens (including phenoxy) is 1. The van der Waals surface area contributed by atoms with E-state index in [1.165, 1.54) is 30.5 Å². The van der Waals surface area contributed by atoms with Gasteiger partial charge in [-0.2, -0.15) is 13.8 Å². The third kappa shape index (κ3) is 5.03. The number of pyridine rings is 1. The van der Waals surface area contributed by atoms with Crippen molar-refractivity contribution in [2.45, 2.75) is 57.8 Å². The van der Waals surface area contributed by atoms with Crippen LogP contribution >= 0.6 is 0 Å². The topological polar surface area (TPSA) is 22.1 Å². The van der Waals surface area contributed by atoms with E-state index in [1.54, 1.807) is 0 Å². The molecule has 0 spiro atoms. The number of rotatable bonds is 7. The molecule has 0 aliphatic heterocycles. The molecule has 3 rings (SSSR count). The predicted octanol–water partition coefficient (Wildman–Crippen LogP) is 6.06. The van der Waals surface area contributed by atoms with Gasteiger partial charge in [-0.1, -0.05) is 19.1 Å². The Bertz CT molecular complexity index is 694. The quantitative estimate of drug-likeness (QED) is 0.561. The van der Waals surface area contributed by atoms with Gasteiger partial charge >= 0.3 is 0 Å². The van der Waals surface area contributed by atoms with Crippen LogP contribution in [0.25, 0.3) is 0 Å². The second-order valence-electron chi connectivity index (χ2n) is 7.26. The van der Waals surface area contributed by atoms with Crippen molar-refractivity contribution in [3.05, 3.63) is 59.4 Å². The standard InChI is InChI=1S/C22H27F2NO/c1-2-15-26-20-12-9-18(10-13-20)17-6-3-16(4-7-17)5-8-19-11-14-21(23)25-22(19)24/h9-14,16-17H,2-8,15H2,1H3/t16-,17-. The van der Waals surface area contributed by atoms with E-state index in [2.05, 4.69) is 36.2 Å². The van der Waals surface area contributed by atoms with Gasteiger partial charge < -0.3 is 4.74 Å². The first-order valence-corrected chi connectivity index (χ1v) is 9.69. The molecule has 2 nitrogen and oxygen atoms in total. The molecule has 1 saturated carbocycles. The molecule has 0 atom stereocenters. The van der Waals surface area contributed by atoms with Gasteiger partial charge in [0, 0.05) is 5.56 Å². The summed E-state index contributed by atoms with van der Waals surface area (Å²) in [5.41, 5.74) is 1.91. The molecule has 1 heterocycles. The maximum Gasteiger partial charge on any atom is 0.218 e. The van der Waals surface area contributed by atoms with Gasteiger partial charge in [0.05, 0.1) is 6.61 Å². The van der Waals surface area contributed by atoms with Gasteiger partial charge in [0.1, 0.15) is 5.75 Å². The van der Waals surface area contributed by atoms with Crippen molar-refractivity contribution in [3.8, 4) is 5.75 Å². The van der Waals surface area contributed by atoms with Gasteiger partial charge in [0.15, 0.2) is 0 Å². The molecule has 0 saturated heterocycles. The fraction of sp³-hybridized carbons (Fsp3) is 0.500. The molecule has 0 N–H and O–H groups in total. The summed E-state index contributed by atoms with van der Waals surface area (Å²) in [7, 11) is 0. The minimum absolute atomic E-state index is 0.524. The SMILES string of the molecule is CCCOc1ccc([C@H]2CC[C@H](CCc3ccc(F)nc3F)CC2)cc1. The lowest BCUT2D eigenvalue weighted by Crippen LogP contribution is -2.14. The zero-order valence-electron chi connectivity index (χ0n) is 15.4. The number of hydrogen-bond donors (Lipinski definition) is 0. The highest BCUT2D eigenvalue weighted by atomic mass is 19.1. The van der Waals surface area contributed by atoms with E-state index in [0.717, 1.165) is 38.0 Å². The van der Waals surface area contributed by atoms with Crippen LogP contribution in [0, 0.1) is 17.8 Å². The summed E-state index contributed by atoms with van der Waals surface area (Å²) in [6.07, 6.45) is 7.26. The van der Waals surface area contributed by atoms with Gasteiger partial charge in [-0.15, -0.1) is 0 Å². The molecule has 1 aromatic heterocycles. The molecular formula is C22H27F2NO. The molecule has 2 aromatic rings. The Kier molecular flexibility index (Phi) is 6.59. The molecule has 1 aromatic carbocycles. The van der Waals surface area contributed by atoms with Crippen LogP contribution in [0.3, 0.4) is 0 Å². The van der Waals surface area contributed by atoms with Crippen molar-refractivity contribution in [2.75, 3.05) is 6.61 Å². The van der Waals surface area contributed by atoms with Gasteiger partial charge in [0.2, 0.25) is 11.9 Å². The van der Waals surface area contributed by atoms with E-state index in [0.29, 0.717) is 23.8 Å². The Hall–Kier alpha value is -1.97. The van der Waals surface area contributed by atoms with Crippen LogP contribution in [-0.4, -0.2) is 11.6 Å². The zero-order chi connectivity index (χ0) is 18.4. The molecule has 26 heavy (non-hydrogen) atoms. The first kappa shape index (κ1) is 18.8. The average Bonchev–Trinajstić information content (AvgIpc) is 2.66. The van der Waals surface area contributed by atoms with Crippen LogP contribution in [0.4, 0.5) is 8.78 Å². The Balaban J connectivity index is 1.46. The van der Waals surface area contributed by atoms with Crippen LogP contribution in [0.2, 0.25) is 0 Å². The largest absolute Gasteiger partial charge is 0.494 e. The Morgan fingerprint density at radius 2 is 1.73 bits per heavy atom. The van der Waals surface area contributed by atoms with Crippen LogP contribution in [0.1, 0.15) is 62.5 Å². The lowest BCUT2D eigenvalue weighted by Gasteiger charge is -2.29. The molecular weight excluding hydrogens is 332 g/mol. The number of nitrogens with zero attached hydrogens (tertiary/aromatic N) is 1. The lowest BCUT2D eigenvalue weighted by atomic mass is 9.77. The predicted molar refractivity (Wildman–Crippen MR) is 99.4 cm³/mol. The van der Waals surface area contributed by atoms with Gasteiger partial charge in [-0.25, -0.2) is 0 Å². The summed E-state index contributed by atoms with van der Waals surface area (Å²) in [6.45, 7) is 2.86. The average molecular weight is 359 g/mol. The number of benzene rings is 1. The van der Waals surface area contributed by atoms with Crippen LogP contribution in [-0.2, 0) is 6.42 Å². The third-order valence-electron chi connectivity index (χ3n) is 5.39. The highest BCUT2D eigenvalue weighted by molar-refractivity contribution is 5.29. The number of aromatic nitrogens is 1. The number of aryl methyl sites for hydroxylation is 1. The first-order chi connectivity index (χ1) is 12.7. The molecule has 1 aliphatic carbocycles. The summed E-state index contributed by atoms with van der Waals surface area (Å²) in [4.78, 5) is 3.27.